The van der Waals surface area contributed by atoms with Gasteiger partial charge >= 0.3 is 0 Å². The maximum atomic E-state index is 10.2. The van der Waals surface area contributed by atoms with Gasteiger partial charge < -0.3 is 14.9 Å². The fourth-order valence-electron chi connectivity index (χ4n) is 3.22. The summed E-state index contributed by atoms with van der Waals surface area (Å²) in [5.74, 6) is 0. The van der Waals surface area contributed by atoms with Gasteiger partial charge in [0, 0.05) is 6.42 Å². The molecule has 1 heterocycles. The molecule has 0 amide bonds. The van der Waals surface area contributed by atoms with Crippen LogP contribution in [-0.4, -0.2) is 34.6 Å². The number of allylic oxidation sites excluding steroid dienone is 1. The minimum absolute atomic E-state index is 0.0647. The van der Waals surface area contributed by atoms with E-state index in [1.165, 1.54) is 38.5 Å². The van der Waals surface area contributed by atoms with Crippen LogP contribution in [0.15, 0.2) is 12.7 Å². The Bertz CT molecular complexity index is 280. The maximum absolute atomic E-state index is 10.2. The Kier molecular flexibility index (Phi) is 10.8. The molecule has 22 heavy (non-hydrogen) atoms. The fourth-order valence-corrected chi connectivity index (χ4v) is 3.22. The van der Waals surface area contributed by atoms with Gasteiger partial charge in [0.25, 0.3) is 0 Å². The molecule has 3 heteroatoms. The standard InChI is InChI=1S/C19H36O3/c1-3-5-7-8-9-10-12-13-16(20)19-15-17(21)18(22-19)14-11-6-4-2/h3,16-21H,1,4-15H2,2H3/t16-,17-,18+,19-/m0/s1. The van der Waals surface area contributed by atoms with Crippen molar-refractivity contribution in [3.8, 4) is 0 Å². The Morgan fingerprint density at radius 1 is 1.14 bits per heavy atom. The van der Waals surface area contributed by atoms with Crippen molar-refractivity contribution in [3.63, 3.8) is 0 Å². The summed E-state index contributed by atoms with van der Waals surface area (Å²) >= 11 is 0. The van der Waals surface area contributed by atoms with Gasteiger partial charge in [-0.15, -0.1) is 6.58 Å². The van der Waals surface area contributed by atoms with Crippen molar-refractivity contribution in [2.45, 2.75) is 108 Å². The summed E-state index contributed by atoms with van der Waals surface area (Å²) in [6, 6.07) is 0. The predicted octanol–water partition coefficient (Wildman–Crippen LogP) is 4.36. The second-order valence-electron chi connectivity index (χ2n) is 6.71. The van der Waals surface area contributed by atoms with E-state index in [0.717, 1.165) is 32.1 Å². The first-order valence-corrected chi connectivity index (χ1v) is 9.31. The Morgan fingerprint density at radius 3 is 2.59 bits per heavy atom. The average molecular weight is 312 g/mol. The van der Waals surface area contributed by atoms with E-state index in [2.05, 4.69) is 13.5 Å². The van der Waals surface area contributed by atoms with E-state index in [0.29, 0.717) is 6.42 Å². The summed E-state index contributed by atoms with van der Waals surface area (Å²) in [6.07, 6.45) is 13.7. The van der Waals surface area contributed by atoms with Gasteiger partial charge in [0.1, 0.15) is 0 Å². The molecule has 0 aromatic heterocycles. The van der Waals surface area contributed by atoms with Crippen LogP contribution in [0, 0.1) is 0 Å². The van der Waals surface area contributed by atoms with E-state index in [4.69, 9.17) is 4.74 Å². The molecular formula is C19H36O3. The number of aliphatic hydroxyl groups excluding tert-OH is 2. The number of rotatable bonds is 13. The van der Waals surface area contributed by atoms with Crippen molar-refractivity contribution in [1.29, 1.82) is 0 Å². The summed E-state index contributed by atoms with van der Waals surface area (Å²) in [5, 5.41) is 20.3. The Hall–Kier alpha value is -0.380. The van der Waals surface area contributed by atoms with Crippen LogP contribution in [-0.2, 0) is 4.74 Å². The van der Waals surface area contributed by atoms with Crippen molar-refractivity contribution in [2.75, 3.05) is 0 Å². The molecule has 0 saturated carbocycles. The maximum Gasteiger partial charge on any atom is 0.0864 e. The normalized spacial score (nSPS) is 26.2. The van der Waals surface area contributed by atoms with Gasteiger partial charge in [0.2, 0.25) is 0 Å². The zero-order chi connectivity index (χ0) is 16.2. The minimum atomic E-state index is -0.418. The first kappa shape index (κ1) is 19.7. The van der Waals surface area contributed by atoms with Gasteiger partial charge in [0.15, 0.2) is 0 Å². The van der Waals surface area contributed by atoms with E-state index < -0.39 is 12.2 Å². The molecule has 3 nitrogen and oxygen atoms in total. The molecule has 1 rings (SSSR count). The van der Waals surface area contributed by atoms with Crippen LogP contribution < -0.4 is 0 Å². The molecule has 1 fully saturated rings. The fraction of sp³-hybridized carbons (Fsp3) is 0.895. The average Bonchev–Trinajstić information content (AvgIpc) is 2.88. The molecule has 1 saturated heterocycles. The van der Waals surface area contributed by atoms with Gasteiger partial charge in [-0.3, -0.25) is 0 Å². The van der Waals surface area contributed by atoms with E-state index in [-0.39, 0.29) is 12.2 Å². The molecule has 0 bridgehead atoms. The molecule has 2 N–H and O–H groups in total. The van der Waals surface area contributed by atoms with E-state index in [9.17, 15) is 10.2 Å². The van der Waals surface area contributed by atoms with Gasteiger partial charge in [-0.1, -0.05) is 57.9 Å². The van der Waals surface area contributed by atoms with Crippen LogP contribution in [0.1, 0.15) is 84.0 Å². The number of aliphatic hydroxyl groups is 2. The Labute approximate surface area is 136 Å². The van der Waals surface area contributed by atoms with E-state index >= 15 is 0 Å². The number of unbranched alkanes of at least 4 members (excludes halogenated alkanes) is 7. The predicted molar refractivity (Wildman–Crippen MR) is 91.9 cm³/mol. The Morgan fingerprint density at radius 2 is 1.86 bits per heavy atom. The second kappa shape index (κ2) is 12.1. The molecule has 4 atom stereocenters. The van der Waals surface area contributed by atoms with Crippen LogP contribution in [0.25, 0.3) is 0 Å². The van der Waals surface area contributed by atoms with Crippen LogP contribution >= 0.6 is 0 Å². The van der Waals surface area contributed by atoms with Crippen molar-refractivity contribution in [3.05, 3.63) is 12.7 Å². The van der Waals surface area contributed by atoms with Gasteiger partial charge in [0.05, 0.1) is 24.4 Å². The topological polar surface area (TPSA) is 49.7 Å². The van der Waals surface area contributed by atoms with Crippen LogP contribution in [0.2, 0.25) is 0 Å². The summed E-state index contributed by atoms with van der Waals surface area (Å²) in [6.45, 7) is 5.91. The van der Waals surface area contributed by atoms with Crippen molar-refractivity contribution < 1.29 is 14.9 Å². The highest BCUT2D eigenvalue weighted by atomic mass is 16.5. The largest absolute Gasteiger partial charge is 0.390 e. The lowest BCUT2D eigenvalue weighted by Gasteiger charge is -2.19. The summed E-state index contributed by atoms with van der Waals surface area (Å²) in [5.41, 5.74) is 0. The quantitative estimate of drug-likeness (QED) is 0.392. The molecule has 0 aromatic rings. The summed E-state index contributed by atoms with van der Waals surface area (Å²) in [4.78, 5) is 0. The van der Waals surface area contributed by atoms with E-state index in [1.54, 1.807) is 0 Å². The van der Waals surface area contributed by atoms with Gasteiger partial charge in [-0.25, -0.2) is 0 Å². The van der Waals surface area contributed by atoms with Crippen LogP contribution in [0.4, 0.5) is 0 Å². The first-order valence-electron chi connectivity index (χ1n) is 9.31. The van der Waals surface area contributed by atoms with Crippen molar-refractivity contribution in [1.82, 2.24) is 0 Å². The van der Waals surface area contributed by atoms with Crippen molar-refractivity contribution >= 4 is 0 Å². The third kappa shape index (κ3) is 7.75. The zero-order valence-electron chi connectivity index (χ0n) is 14.4. The van der Waals surface area contributed by atoms with Gasteiger partial charge in [-0.2, -0.15) is 0 Å². The second-order valence-corrected chi connectivity index (χ2v) is 6.71. The molecule has 130 valence electrons. The summed E-state index contributed by atoms with van der Waals surface area (Å²) in [7, 11) is 0. The molecule has 1 aliphatic rings. The lowest BCUT2D eigenvalue weighted by atomic mass is 10.0. The Balaban J connectivity index is 2.10. The molecular weight excluding hydrogens is 276 g/mol. The smallest absolute Gasteiger partial charge is 0.0864 e. The molecule has 0 aromatic carbocycles. The number of hydrogen-bond acceptors (Lipinski definition) is 3. The van der Waals surface area contributed by atoms with Gasteiger partial charge in [-0.05, 0) is 25.7 Å². The summed E-state index contributed by atoms with van der Waals surface area (Å²) < 4.78 is 5.88. The number of hydrogen-bond donors (Lipinski definition) is 2. The van der Waals surface area contributed by atoms with Crippen LogP contribution in [0.5, 0.6) is 0 Å². The minimum Gasteiger partial charge on any atom is -0.390 e. The first-order chi connectivity index (χ1) is 10.7. The third-order valence-electron chi connectivity index (χ3n) is 4.68. The zero-order valence-corrected chi connectivity index (χ0v) is 14.4. The molecule has 0 radical (unpaired) electrons. The van der Waals surface area contributed by atoms with E-state index in [1.807, 2.05) is 6.08 Å². The van der Waals surface area contributed by atoms with Crippen LogP contribution in [0.3, 0.4) is 0 Å². The lowest BCUT2D eigenvalue weighted by Crippen LogP contribution is -2.26. The number of ether oxygens (including phenoxy) is 1. The lowest BCUT2D eigenvalue weighted by molar-refractivity contribution is -0.0498. The molecule has 0 spiro atoms. The SMILES string of the molecule is C=CCCCCCCC[C@H](O)[C@@H]1C[C@H](O)[C@@H](CCCCC)O1. The van der Waals surface area contributed by atoms with Crippen molar-refractivity contribution in [2.24, 2.45) is 0 Å². The highest BCUT2D eigenvalue weighted by molar-refractivity contribution is 4.85. The molecule has 0 aliphatic carbocycles. The third-order valence-corrected chi connectivity index (χ3v) is 4.68. The highest BCUT2D eigenvalue weighted by Crippen LogP contribution is 2.28. The monoisotopic (exact) mass is 312 g/mol. The highest BCUT2D eigenvalue weighted by Gasteiger charge is 2.36. The molecule has 1 aliphatic heterocycles. The molecule has 0 unspecified atom stereocenters.